The van der Waals surface area contributed by atoms with Gasteiger partial charge in [0, 0.05) is 12.1 Å². The van der Waals surface area contributed by atoms with Crippen molar-refractivity contribution in [2.45, 2.75) is 25.7 Å². The number of rotatable bonds is 3. The van der Waals surface area contributed by atoms with Gasteiger partial charge in [-0.05, 0) is 37.1 Å². The molecule has 0 spiro atoms. The fraction of sp³-hybridized carbons (Fsp3) is 0.467. The Morgan fingerprint density at radius 3 is 2.86 bits per heavy atom. The van der Waals surface area contributed by atoms with Gasteiger partial charge in [0.05, 0.1) is 10.4 Å². The molecule has 0 aliphatic carbocycles. The summed E-state index contributed by atoms with van der Waals surface area (Å²) in [4.78, 5) is 4.53. The molecule has 1 aliphatic heterocycles. The lowest BCUT2D eigenvalue weighted by Gasteiger charge is -2.27. The van der Waals surface area contributed by atoms with Gasteiger partial charge >= 0.3 is 0 Å². The molecule has 2 aromatic rings. The molecule has 1 aromatic heterocycles. The maximum absolute atomic E-state index is 13.2. The first-order valence-corrected chi connectivity index (χ1v) is 7.41. The topological polar surface area (TPSA) is 51.0 Å². The molecule has 0 saturated carbocycles. The lowest BCUT2D eigenvalue weighted by Crippen LogP contribution is -2.35. The van der Waals surface area contributed by atoms with E-state index in [4.69, 9.17) is 16.1 Å². The molecule has 1 unspecified atom stereocenters. The van der Waals surface area contributed by atoms with E-state index in [1.54, 1.807) is 6.07 Å². The summed E-state index contributed by atoms with van der Waals surface area (Å²) >= 11 is 5.80. The van der Waals surface area contributed by atoms with Crippen LogP contribution in [0.2, 0.25) is 5.02 Å². The Labute approximate surface area is 127 Å². The third-order valence-corrected chi connectivity index (χ3v) is 4.61. The Morgan fingerprint density at radius 2 is 2.24 bits per heavy atom. The summed E-state index contributed by atoms with van der Waals surface area (Å²) in [6, 6.07) is 4.42. The highest BCUT2D eigenvalue weighted by Gasteiger charge is 2.43. The molecule has 2 heterocycles. The highest BCUT2D eigenvalue weighted by Crippen LogP contribution is 2.37. The highest BCUT2D eigenvalue weighted by molar-refractivity contribution is 6.31. The number of halogens is 2. The number of hydrogen-bond donors (Lipinski definition) is 1. The van der Waals surface area contributed by atoms with Crippen LogP contribution in [0.4, 0.5) is 4.39 Å². The van der Waals surface area contributed by atoms with E-state index in [1.165, 1.54) is 12.1 Å². The molecule has 4 nitrogen and oxygen atoms in total. The van der Waals surface area contributed by atoms with Crippen molar-refractivity contribution in [2.24, 2.45) is 5.92 Å². The quantitative estimate of drug-likeness (QED) is 0.944. The summed E-state index contributed by atoms with van der Waals surface area (Å²) < 4.78 is 18.7. The van der Waals surface area contributed by atoms with Gasteiger partial charge in [-0.25, -0.2) is 4.39 Å². The molecule has 3 rings (SSSR count). The van der Waals surface area contributed by atoms with E-state index < -0.39 is 5.82 Å². The summed E-state index contributed by atoms with van der Waals surface area (Å²) in [5.41, 5.74) is 0.524. The van der Waals surface area contributed by atoms with E-state index in [0.717, 1.165) is 19.5 Å². The standard InChI is InChI=1S/C15H17ClFN3O/c1-9(2)15(5-6-18-8-15)14-19-13(20-21-14)10-3-4-12(17)11(16)7-10/h3-4,7,9,18H,5-6,8H2,1-2H3. The van der Waals surface area contributed by atoms with Crippen molar-refractivity contribution in [1.82, 2.24) is 15.5 Å². The summed E-state index contributed by atoms with van der Waals surface area (Å²) in [5.74, 6) is 1.01. The minimum Gasteiger partial charge on any atom is -0.338 e. The average Bonchev–Trinajstić information content (AvgIpc) is 3.10. The SMILES string of the molecule is CC(C)C1(c2nc(-c3ccc(F)c(Cl)c3)no2)CCNC1. The van der Waals surface area contributed by atoms with Crippen LogP contribution in [0.15, 0.2) is 22.7 Å². The van der Waals surface area contributed by atoms with Crippen LogP contribution in [-0.4, -0.2) is 23.2 Å². The first kappa shape index (κ1) is 14.5. The fourth-order valence-corrected chi connectivity index (χ4v) is 2.99. The number of nitrogens with zero attached hydrogens (tertiary/aromatic N) is 2. The van der Waals surface area contributed by atoms with Crippen LogP contribution < -0.4 is 5.32 Å². The van der Waals surface area contributed by atoms with Crippen molar-refractivity contribution in [3.63, 3.8) is 0 Å². The summed E-state index contributed by atoms with van der Waals surface area (Å²) in [5, 5.41) is 7.45. The zero-order chi connectivity index (χ0) is 15.0. The first-order chi connectivity index (χ1) is 10.0. The molecule has 0 amide bonds. The molecule has 112 valence electrons. The molecular weight excluding hydrogens is 293 g/mol. The number of benzene rings is 1. The van der Waals surface area contributed by atoms with Crippen LogP contribution >= 0.6 is 11.6 Å². The third kappa shape index (κ3) is 2.45. The van der Waals surface area contributed by atoms with Gasteiger partial charge in [0.2, 0.25) is 11.7 Å². The second-order valence-electron chi connectivity index (χ2n) is 5.79. The summed E-state index contributed by atoms with van der Waals surface area (Å²) in [6.45, 7) is 6.09. The Morgan fingerprint density at radius 1 is 1.43 bits per heavy atom. The van der Waals surface area contributed by atoms with Gasteiger partial charge in [-0.1, -0.05) is 30.6 Å². The normalized spacial score (nSPS) is 22.1. The van der Waals surface area contributed by atoms with Crippen LogP contribution in [-0.2, 0) is 5.41 Å². The molecule has 1 fully saturated rings. The van der Waals surface area contributed by atoms with Crippen molar-refractivity contribution in [3.8, 4) is 11.4 Å². The van der Waals surface area contributed by atoms with Crippen LogP contribution in [0.3, 0.4) is 0 Å². The highest BCUT2D eigenvalue weighted by atomic mass is 35.5. The van der Waals surface area contributed by atoms with Crippen molar-refractivity contribution in [3.05, 3.63) is 34.9 Å². The van der Waals surface area contributed by atoms with Gasteiger partial charge in [-0.2, -0.15) is 4.98 Å². The minimum absolute atomic E-state index is 0.0555. The molecule has 0 bridgehead atoms. The maximum atomic E-state index is 13.2. The number of aromatic nitrogens is 2. The average molecular weight is 310 g/mol. The van der Waals surface area contributed by atoms with Crippen LogP contribution in [0.1, 0.15) is 26.2 Å². The predicted molar refractivity (Wildman–Crippen MR) is 78.7 cm³/mol. The van der Waals surface area contributed by atoms with Crippen molar-refractivity contribution in [2.75, 3.05) is 13.1 Å². The Kier molecular flexibility index (Phi) is 3.71. The Hall–Kier alpha value is -1.46. The largest absolute Gasteiger partial charge is 0.338 e. The monoisotopic (exact) mass is 309 g/mol. The Bertz CT molecular complexity index is 650. The molecule has 1 saturated heterocycles. The van der Waals surface area contributed by atoms with Gasteiger partial charge in [0.1, 0.15) is 5.82 Å². The van der Waals surface area contributed by atoms with E-state index in [9.17, 15) is 4.39 Å². The summed E-state index contributed by atoms with van der Waals surface area (Å²) in [7, 11) is 0. The van der Waals surface area contributed by atoms with Crippen LogP contribution in [0, 0.1) is 11.7 Å². The number of nitrogens with one attached hydrogen (secondary N) is 1. The van der Waals surface area contributed by atoms with Crippen molar-refractivity contribution in [1.29, 1.82) is 0 Å². The number of hydrogen-bond acceptors (Lipinski definition) is 4. The first-order valence-electron chi connectivity index (χ1n) is 7.03. The van der Waals surface area contributed by atoms with Gasteiger partial charge in [0.25, 0.3) is 0 Å². The molecule has 0 radical (unpaired) electrons. The summed E-state index contributed by atoms with van der Waals surface area (Å²) in [6.07, 6.45) is 0.969. The second kappa shape index (κ2) is 5.39. The third-order valence-electron chi connectivity index (χ3n) is 4.32. The van der Waals surface area contributed by atoms with Crippen molar-refractivity contribution < 1.29 is 8.91 Å². The molecule has 1 N–H and O–H groups in total. The second-order valence-corrected chi connectivity index (χ2v) is 6.20. The zero-order valence-electron chi connectivity index (χ0n) is 12.0. The maximum Gasteiger partial charge on any atom is 0.234 e. The Balaban J connectivity index is 1.97. The zero-order valence-corrected chi connectivity index (χ0v) is 12.7. The van der Waals surface area contributed by atoms with Crippen LogP contribution in [0.25, 0.3) is 11.4 Å². The molecule has 1 atom stereocenters. The molecule has 1 aliphatic rings. The van der Waals surface area contributed by atoms with E-state index in [0.29, 0.717) is 23.2 Å². The predicted octanol–water partition coefficient (Wildman–Crippen LogP) is 3.42. The van der Waals surface area contributed by atoms with Crippen molar-refractivity contribution >= 4 is 11.6 Å². The molecule has 1 aromatic carbocycles. The molecular formula is C15H17ClFN3O. The fourth-order valence-electron chi connectivity index (χ4n) is 2.81. The smallest absolute Gasteiger partial charge is 0.234 e. The van der Waals surface area contributed by atoms with E-state index >= 15 is 0 Å². The van der Waals surface area contributed by atoms with Gasteiger partial charge in [0.15, 0.2) is 0 Å². The minimum atomic E-state index is -0.456. The van der Waals surface area contributed by atoms with E-state index in [1.807, 2.05) is 0 Å². The van der Waals surface area contributed by atoms with Crippen LogP contribution in [0.5, 0.6) is 0 Å². The molecule has 21 heavy (non-hydrogen) atoms. The van der Waals surface area contributed by atoms with Gasteiger partial charge in [-0.3, -0.25) is 0 Å². The van der Waals surface area contributed by atoms with E-state index in [2.05, 4.69) is 29.3 Å². The van der Waals surface area contributed by atoms with Gasteiger partial charge < -0.3 is 9.84 Å². The lowest BCUT2D eigenvalue weighted by atomic mass is 9.76. The lowest BCUT2D eigenvalue weighted by molar-refractivity contribution is 0.234. The van der Waals surface area contributed by atoms with Gasteiger partial charge in [-0.15, -0.1) is 0 Å². The van der Waals surface area contributed by atoms with E-state index in [-0.39, 0.29) is 10.4 Å². The molecule has 6 heteroatoms.